The number of rotatable bonds is 4. The van der Waals surface area contributed by atoms with E-state index >= 15 is 0 Å². The van der Waals surface area contributed by atoms with E-state index in [0.29, 0.717) is 5.02 Å². The number of carbonyl (C=O) groups excluding carboxylic acids is 1. The summed E-state index contributed by atoms with van der Waals surface area (Å²) in [6.07, 6.45) is 1.97. The maximum atomic E-state index is 11.8. The summed E-state index contributed by atoms with van der Waals surface area (Å²) in [6.45, 7) is 4.05. The minimum Gasteiger partial charge on any atom is -0.294 e. The molecule has 0 aliphatic heterocycles. The number of hydrogen-bond acceptors (Lipinski definition) is 1. The first-order valence-electron chi connectivity index (χ1n) is 4.95. The molecule has 0 saturated heterocycles. The van der Waals surface area contributed by atoms with Gasteiger partial charge in [0.2, 0.25) is 0 Å². The molecule has 0 aliphatic carbocycles. The summed E-state index contributed by atoms with van der Waals surface area (Å²) in [5.74, 6) is 0.285. The molecule has 0 N–H and O–H groups in total. The molecular formula is C12H15ClO. The van der Waals surface area contributed by atoms with Crippen molar-refractivity contribution in [2.24, 2.45) is 5.92 Å². The maximum Gasteiger partial charge on any atom is 0.165 e. The van der Waals surface area contributed by atoms with Gasteiger partial charge in [0.25, 0.3) is 0 Å². The van der Waals surface area contributed by atoms with Gasteiger partial charge in [-0.25, -0.2) is 0 Å². The Morgan fingerprint density at radius 3 is 2.79 bits per heavy atom. The van der Waals surface area contributed by atoms with Crippen molar-refractivity contribution in [1.82, 2.24) is 0 Å². The van der Waals surface area contributed by atoms with E-state index in [0.717, 1.165) is 18.4 Å². The molecular weight excluding hydrogens is 196 g/mol. The van der Waals surface area contributed by atoms with Crippen molar-refractivity contribution in [3.05, 3.63) is 34.9 Å². The van der Waals surface area contributed by atoms with E-state index in [1.165, 1.54) is 0 Å². The third-order valence-corrected chi connectivity index (χ3v) is 2.51. The average molecular weight is 211 g/mol. The van der Waals surface area contributed by atoms with Crippen molar-refractivity contribution in [3.63, 3.8) is 0 Å². The van der Waals surface area contributed by atoms with Crippen LogP contribution in [0.15, 0.2) is 24.3 Å². The lowest BCUT2D eigenvalue weighted by atomic mass is 9.95. The molecule has 0 heterocycles. The molecule has 76 valence electrons. The van der Waals surface area contributed by atoms with Crippen LogP contribution in [-0.4, -0.2) is 5.78 Å². The van der Waals surface area contributed by atoms with Gasteiger partial charge in [-0.1, -0.05) is 44.0 Å². The fourth-order valence-corrected chi connectivity index (χ4v) is 1.68. The number of Topliss-reactive ketones (excluding diaryl/α,β-unsaturated/α-hetero) is 1. The molecule has 0 saturated carbocycles. The van der Waals surface area contributed by atoms with Crippen molar-refractivity contribution in [2.75, 3.05) is 0 Å². The Kier molecular flexibility index (Phi) is 4.15. The average Bonchev–Trinajstić information content (AvgIpc) is 2.17. The first-order chi connectivity index (χ1) is 6.65. The van der Waals surface area contributed by atoms with Gasteiger partial charge in [0.05, 0.1) is 0 Å². The van der Waals surface area contributed by atoms with Crippen molar-refractivity contribution in [2.45, 2.75) is 26.7 Å². The van der Waals surface area contributed by atoms with Gasteiger partial charge in [-0.2, -0.15) is 0 Å². The Hall–Kier alpha value is -0.820. The highest BCUT2D eigenvalue weighted by Crippen LogP contribution is 2.17. The lowest BCUT2D eigenvalue weighted by Crippen LogP contribution is -2.10. The number of halogens is 1. The zero-order valence-corrected chi connectivity index (χ0v) is 9.34. The molecule has 1 nitrogen and oxygen atoms in total. The van der Waals surface area contributed by atoms with Crippen LogP contribution in [0.4, 0.5) is 0 Å². The normalized spacial score (nSPS) is 12.5. The lowest BCUT2D eigenvalue weighted by molar-refractivity contribution is 0.0923. The molecule has 0 fully saturated rings. The minimum absolute atomic E-state index is 0.0958. The highest BCUT2D eigenvalue weighted by Gasteiger charge is 2.13. The molecule has 1 aromatic carbocycles. The van der Waals surface area contributed by atoms with Crippen LogP contribution < -0.4 is 0 Å². The molecule has 0 spiro atoms. The molecule has 1 rings (SSSR count). The van der Waals surface area contributed by atoms with E-state index in [1.54, 1.807) is 12.1 Å². The van der Waals surface area contributed by atoms with E-state index in [1.807, 2.05) is 19.1 Å². The Bertz CT molecular complexity index is 320. The molecule has 14 heavy (non-hydrogen) atoms. The van der Waals surface area contributed by atoms with Gasteiger partial charge >= 0.3 is 0 Å². The number of hydrogen-bond donors (Lipinski definition) is 0. The van der Waals surface area contributed by atoms with Gasteiger partial charge in [0.15, 0.2) is 5.78 Å². The molecule has 2 heteroatoms. The standard InChI is InChI=1S/C12H15ClO/c1-3-5-9(2)12(14)10-6-4-7-11(13)8-10/h4,6-9H,3,5H2,1-2H3. The molecule has 0 amide bonds. The van der Waals surface area contributed by atoms with Crippen LogP contribution in [0.3, 0.4) is 0 Å². The SMILES string of the molecule is CCCC(C)C(=O)c1cccc(Cl)c1. The van der Waals surface area contributed by atoms with E-state index in [-0.39, 0.29) is 11.7 Å². The van der Waals surface area contributed by atoms with Gasteiger partial charge in [-0.3, -0.25) is 4.79 Å². The number of carbonyl (C=O) groups is 1. The van der Waals surface area contributed by atoms with Gasteiger partial charge in [0, 0.05) is 16.5 Å². The topological polar surface area (TPSA) is 17.1 Å². The Labute approximate surface area is 90.1 Å². The van der Waals surface area contributed by atoms with Crippen LogP contribution in [0.1, 0.15) is 37.0 Å². The second kappa shape index (κ2) is 5.16. The Balaban J connectivity index is 2.78. The lowest BCUT2D eigenvalue weighted by Gasteiger charge is -2.08. The summed E-state index contributed by atoms with van der Waals surface area (Å²) in [5, 5.41) is 0.625. The molecule has 1 unspecified atom stereocenters. The van der Waals surface area contributed by atoms with Gasteiger partial charge in [-0.05, 0) is 18.6 Å². The molecule has 0 aliphatic rings. The number of ketones is 1. The van der Waals surface area contributed by atoms with Crippen LogP contribution in [0.2, 0.25) is 5.02 Å². The first-order valence-corrected chi connectivity index (χ1v) is 5.32. The predicted molar refractivity (Wildman–Crippen MR) is 59.9 cm³/mol. The fourth-order valence-electron chi connectivity index (χ4n) is 1.49. The minimum atomic E-state index is 0.0958. The van der Waals surface area contributed by atoms with Gasteiger partial charge < -0.3 is 0 Å². The van der Waals surface area contributed by atoms with E-state index in [2.05, 4.69) is 6.92 Å². The van der Waals surface area contributed by atoms with Crippen molar-refractivity contribution in [1.29, 1.82) is 0 Å². The zero-order chi connectivity index (χ0) is 10.6. The Morgan fingerprint density at radius 1 is 1.50 bits per heavy atom. The van der Waals surface area contributed by atoms with Crippen LogP contribution in [0.5, 0.6) is 0 Å². The highest BCUT2D eigenvalue weighted by molar-refractivity contribution is 6.31. The van der Waals surface area contributed by atoms with Crippen LogP contribution in [0.25, 0.3) is 0 Å². The summed E-state index contributed by atoms with van der Waals surface area (Å²) < 4.78 is 0. The monoisotopic (exact) mass is 210 g/mol. The third kappa shape index (κ3) is 2.85. The molecule has 0 bridgehead atoms. The molecule has 0 radical (unpaired) electrons. The Morgan fingerprint density at radius 2 is 2.21 bits per heavy atom. The second-order valence-electron chi connectivity index (χ2n) is 3.56. The number of benzene rings is 1. The van der Waals surface area contributed by atoms with Crippen molar-refractivity contribution in [3.8, 4) is 0 Å². The maximum absolute atomic E-state index is 11.8. The predicted octanol–water partition coefficient (Wildman–Crippen LogP) is 3.96. The van der Waals surface area contributed by atoms with Crippen LogP contribution in [-0.2, 0) is 0 Å². The molecule has 0 aromatic heterocycles. The second-order valence-corrected chi connectivity index (χ2v) is 4.00. The van der Waals surface area contributed by atoms with E-state index < -0.39 is 0 Å². The van der Waals surface area contributed by atoms with Crippen molar-refractivity contribution >= 4 is 17.4 Å². The molecule has 1 aromatic rings. The summed E-state index contributed by atoms with van der Waals surface area (Å²) in [6, 6.07) is 7.15. The van der Waals surface area contributed by atoms with Gasteiger partial charge in [-0.15, -0.1) is 0 Å². The van der Waals surface area contributed by atoms with Gasteiger partial charge in [0.1, 0.15) is 0 Å². The van der Waals surface area contributed by atoms with Crippen LogP contribution >= 0.6 is 11.6 Å². The van der Waals surface area contributed by atoms with Crippen LogP contribution in [0, 0.1) is 5.92 Å². The zero-order valence-electron chi connectivity index (χ0n) is 8.59. The fraction of sp³-hybridized carbons (Fsp3) is 0.417. The summed E-state index contributed by atoms with van der Waals surface area (Å²) in [4.78, 5) is 11.8. The van der Waals surface area contributed by atoms with Crippen molar-refractivity contribution < 1.29 is 4.79 Å². The summed E-state index contributed by atoms with van der Waals surface area (Å²) in [7, 11) is 0. The summed E-state index contributed by atoms with van der Waals surface area (Å²) in [5.41, 5.74) is 0.721. The molecule has 1 atom stereocenters. The summed E-state index contributed by atoms with van der Waals surface area (Å²) >= 11 is 5.82. The quantitative estimate of drug-likeness (QED) is 0.688. The smallest absolute Gasteiger partial charge is 0.165 e. The first kappa shape index (κ1) is 11.3. The third-order valence-electron chi connectivity index (χ3n) is 2.28. The van der Waals surface area contributed by atoms with E-state index in [9.17, 15) is 4.79 Å². The largest absolute Gasteiger partial charge is 0.294 e. The highest BCUT2D eigenvalue weighted by atomic mass is 35.5. The van der Waals surface area contributed by atoms with E-state index in [4.69, 9.17) is 11.6 Å².